The molecule has 0 radical (unpaired) electrons. The number of para-hydroxylation sites is 1. The molecule has 0 bridgehead atoms. The van der Waals surface area contributed by atoms with E-state index >= 15 is 0 Å². The summed E-state index contributed by atoms with van der Waals surface area (Å²) >= 11 is 0. The summed E-state index contributed by atoms with van der Waals surface area (Å²) in [6, 6.07) is 17.3. The lowest BCUT2D eigenvalue weighted by Gasteiger charge is -2.34. The highest BCUT2D eigenvalue weighted by atomic mass is 35.5. The van der Waals surface area contributed by atoms with Crippen LogP contribution in [0.4, 0.5) is 5.95 Å². The largest absolute Gasteiger partial charge is 0.336 e. The molecule has 146 valence electrons. The molecular formula is C19H22ClN7O. The van der Waals surface area contributed by atoms with E-state index in [-0.39, 0.29) is 18.3 Å². The molecule has 0 spiro atoms. The molecule has 1 amide bonds. The van der Waals surface area contributed by atoms with E-state index in [4.69, 9.17) is 5.73 Å². The van der Waals surface area contributed by atoms with Gasteiger partial charge in [0, 0.05) is 38.3 Å². The van der Waals surface area contributed by atoms with Gasteiger partial charge in [-0.1, -0.05) is 35.4 Å². The van der Waals surface area contributed by atoms with E-state index in [0.29, 0.717) is 44.2 Å². The summed E-state index contributed by atoms with van der Waals surface area (Å²) in [4.78, 5) is 16.7. The second-order valence-electron chi connectivity index (χ2n) is 6.41. The van der Waals surface area contributed by atoms with Gasteiger partial charge in [0.1, 0.15) is 0 Å². The molecule has 1 fully saturated rings. The number of hydrogen-bond acceptors (Lipinski definition) is 6. The third-order valence-electron chi connectivity index (χ3n) is 4.74. The number of anilines is 1. The highest BCUT2D eigenvalue weighted by Crippen LogP contribution is 2.18. The van der Waals surface area contributed by atoms with Gasteiger partial charge in [-0.25, -0.2) is 0 Å². The average molecular weight is 400 g/mol. The topological polar surface area (TPSA) is 93.2 Å². The quantitative estimate of drug-likeness (QED) is 0.714. The zero-order chi connectivity index (χ0) is 18.6. The predicted octanol–water partition coefficient (Wildman–Crippen LogP) is 1.51. The molecule has 0 unspecified atom stereocenters. The van der Waals surface area contributed by atoms with Crippen LogP contribution in [0.15, 0.2) is 54.6 Å². The van der Waals surface area contributed by atoms with E-state index in [2.05, 4.69) is 20.4 Å². The first-order chi connectivity index (χ1) is 13.3. The van der Waals surface area contributed by atoms with Crippen LogP contribution in [0.1, 0.15) is 15.9 Å². The van der Waals surface area contributed by atoms with Crippen molar-refractivity contribution in [3.05, 3.63) is 65.7 Å². The monoisotopic (exact) mass is 399 g/mol. The van der Waals surface area contributed by atoms with Crippen LogP contribution in [0, 0.1) is 0 Å². The fourth-order valence-corrected chi connectivity index (χ4v) is 3.19. The van der Waals surface area contributed by atoms with Crippen molar-refractivity contribution in [2.24, 2.45) is 5.73 Å². The SMILES string of the molecule is Cl.NCc1ccc(C(=O)N2CCN(c3nnnn3-c3ccccc3)CC2)cc1. The van der Waals surface area contributed by atoms with Crippen molar-refractivity contribution in [1.29, 1.82) is 0 Å². The normalized spacial score (nSPS) is 13.9. The second-order valence-corrected chi connectivity index (χ2v) is 6.41. The van der Waals surface area contributed by atoms with E-state index in [1.54, 1.807) is 4.68 Å². The number of nitrogens with zero attached hydrogens (tertiary/aromatic N) is 6. The minimum absolute atomic E-state index is 0. The summed E-state index contributed by atoms with van der Waals surface area (Å²) in [7, 11) is 0. The van der Waals surface area contributed by atoms with E-state index in [9.17, 15) is 4.79 Å². The van der Waals surface area contributed by atoms with Gasteiger partial charge in [0.2, 0.25) is 5.95 Å². The smallest absolute Gasteiger partial charge is 0.253 e. The number of carbonyl (C=O) groups excluding carboxylic acids is 1. The van der Waals surface area contributed by atoms with Gasteiger partial charge in [-0.05, 0) is 40.3 Å². The Labute approximate surface area is 169 Å². The number of nitrogens with two attached hydrogens (primary N) is 1. The molecule has 9 heteroatoms. The molecule has 2 aromatic carbocycles. The number of carbonyl (C=O) groups is 1. The Morgan fingerprint density at radius 3 is 2.29 bits per heavy atom. The summed E-state index contributed by atoms with van der Waals surface area (Å²) in [6.45, 7) is 3.08. The standard InChI is InChI=1S/C19H21N7O.ClH/c20-14-15-6-8-16(9-7-15)18(27)24-10-12-25(13-11-24)19-21-22-23-26(19)17-4-2-1-3-5-17;/h1-9H,10-14,20H2;1H. The molecule has 2 heterocycles. The van der Waals surface area contributed by atoms with Gasteiger partial charge in [-0.15, -0.1) is 12.4 Å². The van der Waals surface area contributed by atoms with Gasteiger partial charge >= 0.3 is 0 Å². The van der Waals surface area contributed by atoms with Crippen molar-refractivity contribution in [3.8, 4) is 5.69 Å². The van der Waals surface area contributed by atoms with Crippen LogP contribution in [0.5, 0.6) is 0 Å². The van der Waals surface area contributed by atoms with Crippen LogP contribution < -0.4 is 10.6 Å². The first-order valence-electron chi connectivity index (χ1n) is 8.93. The van der Waals surface area contributed by atoms with Crippen LogP contribution in [-0.4, -0.2) is 57.2 Å². The number of tetrazole rings is 1. The van der Waals surface area contributed by atoms with E-state index in [1.165, 1.54) is 0 Å². The summed E-state index contributed by atoms with van der Waals surface area (Å²) in [6.07, 6.45) is 0. The Hall–Kier alpha value is -2.97. The van der Waals surface area contributed by atoms with Crippen molar-refractivity contribution in [2.75, 3.05) is 31.1 Å². The Morgan fingerprint density at radius 1 is 0.964 bits per heavy atom. The highest BCUT2D eigenvalue weighted by Gasteiger charge is 2.25. The second kappa shape index (κ2) is 8.81. The Bertz CT molecular complexity index is 906. The molecule has 1 saturated heterocycles. The lowest BCUT2D eigenvalue weighted by Crippen LogP contribution is -2.49. The zero-order valence-corrected chi connectivity index (χ0v) is 16.1. The number of rotatable bonds is 4. The van der Waals surface area contributed by atoms with Gasteiger partial charge in [0.05, 0.1) is 5.69 Å². The van der Waals surface area contributed by atoms with E-state index < -0.39 is 0 Å². The highest BCUT2D eigenvalue weighted by molar-refractivity contribution is 5.94. The van der Waals surface area contributed by atoms with E-state index in [1.807, 2.05) is 59.5 Å². The molecule has 1 aliphatic rings. The number of halogens is 1. The third kappa shape index (κ3) is 3.97. The molecule has 1 aliphatic heterocycles. The van der Waals surface area contributed by atoms with Gasteiger partial charge < -0.3 is 15.5 Å². The Balaban J connectivity index is 0.00000225. The molecule has 2 N–H and O–H groups in total. The lowest BCUT2D eigenvalue weighted by molar-refractivity contribution is 0.0746. The van der Waals surface area contributed by atoms with Gasteiger partial charge in [-0.2, -0.15) is 4.68 Å². The van der Waals surface area contributed by atoms with Crippen molar-refractivity contribution in [1.82, 2.24) is 25.1 Å². The Kier molecular flexibility index (Phi) is 6.23. The summed E-state index contributed by atoms with van der Waals surface area (Å²) in [5, 5.41) is 12.1. The zero-order valence-electron chi connectivity index (χ0n) is 15.3. The number of benzene rings is 2. The lowest BCUT2D eigenvalue weighted by atomic mass is 10.1. The van der Waals surface area contributed by atoms with Gasteiger partial charge in [-0.3, -0.25) is 4.79 Å². The summed E-state index contributed by atoms with van der Waals surface area (Å²) in [5.41, 5.74) is 8.24. The number of amides is 1. The minimum Gasteiger partial charge on any atom is -0.336 e. The van der Waals surface area contributed by atoms with Crippen LogP contribution in [0.25, 0.3) is 5.69 Å². The van der Waals surface area contributed by atoms with Crippen LogP contribution in [-0.2, 0) is 6.54 Å². The molecule has 4 rings (SSSR count). The molecule has 1 aromatic heterocycles. The summed E-state index contributed by atoms with van der Waals surface area (Å²) < 4.78 is 1.73. The van der Waals surface area contributed by atoms with Crippen LogP contribution in [0.3, 0.4) is 0 Å². The molecular weight excluding hydrogens is 378 g/mol. The fourth-order valence-electron chi connectivity index (χ4n) is 3.19. The maximum atomic E-state index is 12.7. The molecule has 0 aliphatic carbocycles. The third-order valence-corrected chi connectivity index (χ3v) is 4.74. The van der Waals surface area contributed by atoms with Crippen LogP contribution >= 0.6 is 12.4 Å². The molecule has 0 saturated carbocycles. The maximum Gasteiger partial charge on any atom is 0.253 e. The van der Waals surface area contributed by atoms with Crippen molar-refractivity contribution in [3.63, 3.8) is 0 Å². The molecule has 8 nitrogen and oxygen atoms in total. The first kappa shape index (κ1) is 19.8. The Morgan fingerprint density at radius 2 is 1.64 bits per heavy atom. The van der Waals surface area contributed by atoms with Crippen molar-refractivity contribution in [2.45, 2.75) is 6.54 Å². The van der Waals surface area contributed by atoms with Crippen molar-refractivity contribution < 1.29 is 4.79 Å². The molecule has 3 aromatic rings. The summed E-state index contributed by atoms with van der Waals surface area (Å²) in [5.74, 6) is 0.737. The van der Waals surface area contributed by atoms with Crippen molar-refractivity contribution >= 4 is 24.3 Å². The van der Waals surface area contributed by atoms with Crippen LogP contribution in [0.2, 0.25) is 0 Å². The number of piperazine rings is 1. The minimum atomic E-state index is 0. The fraction of sp³-hybridized carbons (Fsp3) is 0.263. The van der Waals surface area contributed by atoms with Gasteiger partial charge in [0.15, 0.2) is 0 Å². The number of hydrogen-bond donors (Lipinski definition) is 1. The molecule has 28 heavy (non-hydrogen) atoms. The van der Waals surface area contributed by atoms with Gasteiger partial charge in [0.25, 0.3) is 5.91 Å². The van der Waals surface area contributed by atoms with E-state index in [0.717, 1.165) is 11.3 Å². The predicted molar refractivity (Wildman–Crippen MR) is 109 cm³/mol. The average Bonchev–Trinajstić information content (AvgIpc) is 3.24. The molecule has 0 atom stereocenters. The number of aromatic nitrogens is 4. The maximum absolute atomic E-state index is 12.7. The first-order valence-corrected chi connectivity index (χ1v) is 8.93.